The van der Waals surface area contributed by atoms with E-state index in [1.54, 1.807) is 4.90 Å². The fourth-order valence-electron chi connectivity index (χ4n) is 2.54. The summed E-state index contributed by atoms with van der Waals surface area (Å²) in [4.78, 5) is 25.7. The molecule has 0 aliphatic carbocycles. The van der Waals surface area contributed by atoms with Crippen molar-refractivity contribution in [1.82, 2.24) is 4.90 Å². The summed E-state index contributed by atoms with van der Waals surface area (Å²) in [5.41, 5.74) is 0. The van der Waals surface area contributed by atoms with Gasteiger partial charge < -0.3 is 14.2 Å². The molecule has 0 unspecified atom stereocenters. The van der Waals surface area contributed by atoms with Crippen LogP contribution >= 0.6 is 0 Å². The van der Waals surface area contributed by atoms with Crippen LogP contribution in [-0.2, 0) is 23.8 Å². The van der Waals surface area contributed by atoms with Gasteiger partial charge in [-0.15, -0.1) is 0 Å². The van der Waals surface area contributed by atoms with Crippen molar-refractivity contribution in [2.24, 2.45) is 17.8 Å². The lowest BCUT2D eigenvalue weighted by molar-refractivity contribution is -0.145. The van der Waals surface area contributed by atoms with Gasteiger partial charge in [0.2, 0.25) is 5.91 Å². The average molecular weight is 416 g/mol. The molecule has 0 bridgehead atoms. The van der Waals surface area contributed by atoms with E-state index in [0.29, 0.717) is 44.5 Å². The van der Waals surface area contributed by atoms with Crippen molar-refractivity contribution in [3.8, 4) is 0 Å². The molecule has 0 rings (SSSR count). The maximum absolute atomic E-state index is 12.5. The van der Waals surface area contributed by atoms with Crippen LogP contribution in [0.3, 0.4) is 0 Å². The molecule has 0 aromatic heterocycles. The molecular weight excluding hydrogens is 370 g/mol. The average Bonchev–Trinajstić information content (AvgIpc) is 2.64. The summed E-state index contributed by atoms with van der Waals surface area (Å²) in [5, 5.41) is 0. The first-order valence-corrected chi connectivity index (χ1v) is 11.3. The Morgan fingerprint density at radius 3 is 1.66 bits per heavy atom. The van der Waals surface area contributed by atoms with Crippen molar-refractivity contribution in [3.05, 3.63) is 0 Å². The molecule has 0 spiro atoms. The lowest BCUT2D eigenvalue weighted by Crippen LogP contribution is -2.35. The number of ketones is 1. The Hall–Kier alpha value is -0.980. The Morgan fingerprint density at radius 1 is 0.724 bits per heavy atom. The first-order valence-electron chi connectivity index (χ1n) is 11.3. The number of carbonyl (C=O) groups excluding carboxylic acids is 2. The second-order valence-corrected chi connectivity index (χ2v) is 8.86. The van der Waals surface area contributed by atoms with Crippen LogP contribution in [0.1, 0.15) is 80.1 Å². The number of ether oxygens (including phenoxy) is 3. The molecule has 172 valence electrons. The van der Waals surface area contributed by atoms with Gasteiger partial charge in [-0.1, -0.05) is 41.5 Å². The molecule has 0 atom stereocenters. The molecule has 0 heterocycles. The summed E-state index contributed by atoms with van der Waals surface area (Å²) in [5.74, 6) is 1.37. The molecule has 29 heavy (non-hydrogen) atoms. The fourth-order valence-corrected chi connectivity index (χ4v) is 2.54. The highest BCUT2D eigenvalue weighted by Gasteiger charge is 2.14. The number of Topliss-reactive ketones (excluding diaryl/α,β-unsaturated/α-hetero) is 1. The third kappa shape index (κ3) is 17.6. The first kappa shape index (κ1) is 28.0. The highest BCUT2D eigenvalue weighted by Crippen LogP contribution is 2.07. The fraction of sp³-hybridized carbons (Fsp3) is 0.913. The largest absolute Gasteiger partial charge is 0.374 e. The topological polar surface area (TPSA) is 65.1 Å². The maximum Gasteiger partial charge on any atom is 0.226 e. The molecule has 0 aromatic rings. The molecule has 6 heteroatoms. The lowest BCUT2D eigenvalue weighted by atomic mass is 10.1. The third-order valence-electron chi connectivity index (χ3n) is 4.55. The number of hydrogen-bond donors (Lipinski definition) is 0. The number of hydrogen-bond acceptors (Lipinski definition) is 5. The van der Waals surface area contributed by atoms with Gasteiger partial charge in [-0.05, 0) is 43.9 Å². The van der Waals surface area contributed by atoms with Gasteiger partial charge in [0.25, 0.3) is 0 Å². The maximum atomic E-state index is 12.5. The second kappa shape index (κ2) is 17.8. The lowest BCUT2D eigenvalue weighted by Gasteiger charge is -2.23. The van der Waals surface area contributed by atoms with E-state index in [9.17, 15) is 9.59 Å². The Bertz CT molecular complexity index is 405. The zero-order chi connectivity index (χ0) is 22.1. The standard InChI is InChI=1S/C23H45NO5/c1-19(2)10-7-14-28-17-24(18-29-15-8-11-20(3)4)23(26)12-9-13-27-16-22(25)21(5)6/h19-21H,7-18H2,1-6H3. The predicted molar refractivity (Wildman–Crippen MR) is 117 cm³/mol. The van der Waals surface area contributed by atoms with E-state index >= 15 is 0 Å². The van der Waals surface area contributed by atoms with Crippen molar-refractivity contribution in [3.63, 3.8) is 0 Å². The van der Waals surface area contributed by atoms with Crippen LogP contribution in [0, 0.1) is 17.8 Å². The number of nitrogens with zero attached hydrogens (tertiary/aromatic N) is 1. The molecule has 0 N–H and O–H groups in total. The van der Waals surface area contributed by atoms with Gasteiger partial charge in [0.1, 0.15) is 20.1 Å². The van der Waals surface area contributed by atoms with E-state index in [-0.39, 0.29) is 37.7 Å². The molecular formula is C23H45NO5. The van der Waals surface area contributed by atoms with Crippen molar-refractivity contribution in [1.29, 1.82) is 0 Å². The number of carbonyl (C=O) groups is 2. The highest BCUT2D eigenvalue weighted by atomic mass is 16.5. The van der Waals surface area contributed by atoms with Gasteiger partial charge in [-0.2, -0.15) is 0 Å². The summed E-state index contributed by atoms with van der Waals surface area (Å²) in [6.07, 6.45) is 5.17. The quantitative estimate of drug-likeness (QED) is 0.227. The SMILES string of the molecule is CC(C)CCCOCN(COCCCC(C)C)C(=O)CCCOCC(=O)C(C)C. The van der Waals surface area contributed by atoms with Crippen molar-refractivity contribution in [2.45, 2.75) is 80.1 Å². The van der Waals surface area contributed by atoms with Crippen molar-refractivity contribution < 1.29 is 23.8 Å². The van der Waals surface area contributed by atoms with Crippen LogP contribution < -0.4 is 0 Å². The molecule has 0 aliphatic rings. The zero-order valence-electron chi connectivity index (χ0n) is 19.7. The van der Waals surface area contributed by atoms with E-state index < -0.39 is 0 Å². The molecule has 0 saturated carbocycles. The molecule has 6 nitrogen and oxygen atoms in total. The van der Waals surface area contributed by atoms with Gasteiger partial charge in [-0.25, -0.2) is 0 Å². The molecule has 0 aromatic carbocycles. The molecule has 0 aliphatic heterocycles. The van der Waals surface area contributed by atoms with E-state index in [2.05, 4.69) is 27.7 Å². The first-order chi connectivity index (χ1) is 13.7. The molecule has 0 radical (unpaired) electrons. The Labute approximate surface area is 178 Å². The highest BCUT2D eigenvalue weighted by molar-refractivity contribution is 5.81. The Balaban J connectivity index is 4.20. The zero-order valence-corrected chi connectivity index (χ0v) is 19.7. The van der Waals surface area contributed by atoms with Gasteiger partial charge in [0.15, 0.2) is 5.78 Å². The Kier molecular flexibility index (Phi) is 17.2. The van der Waals surface area contributed by atoms with Crippen molar-refractivity contribution in [2.75, 3.05) is 39.9 Å². The summed E-state index contributed by atoms with van der Waals surface area (Å²) in [6, 6.07) is 0. The molecule has 1 amide bonds. The van der Waals surface area contributed by atoms with Gasteiger partial charge in [0.05, 0.1) is 0 Å². The summed E-state index contributed by atoms with van der Waals surface area (Å²) < 4.78 is 16.8. The Morgan fingerprint density at radius 2 is 1.21 bits per heavy atom. The number of amides is 1. The van der Waals surface area contributed by atoms with Crippen LogP contribution in [0.15, 0.2) is 0 Å². The van der Waals surface area contributed by atoms with Crippen LogP contribution in [0.2, 0.25) is 0 Å². The third-order valence-corrected chi connectivity index (χ3v) is 4.55. The van der Waals surface area contributed by atoms with Crippen LogP contribution in [-0.4, -0.2) is 56.5 Å². The second-order valence-electron chi connectivity index (χ2n) is 8.86. The predicted octanol–water partition coefficient (Wildman–Crippen LogP) is 4.66. The van der Waals surface area contributed by atoms with E-state index in [4.69, 9.17) is 14.2 Å². The smallest absolute Gasteiger partial charge is 0.226 e. The van der Waals surface area contributed by atoms with E-state index in [1.165, 1.54) is 0 Å². The summed E-state index contributed by atoms with van der Waals surface area (Å²) in [7, 11) is 0. The van der Waals surface area contributed by atoms with Gasteiger partial charge in [0, 0.05) is 32.2 Å². The van der Waals surface area contributed by atoms with Crippen LogP contribution in [0.4, 0.5) is 0 Å². The van der Waals surface area contributed by atoms with Gasteiger partial charge in [-0.3, -0.25) is 14.5 Å². The van der Waals surface area contributed by atoms with Crippen LogP contribution in [0.25, 0.3) is 0 Å². The minimum atomic E-state index is -0.0205. The number of rotatable bonds is 19. The minimum absolute atomic E-state index is 0.00324. The summed E-state index contributed by atoms with van der Waals surface area (Å²) in [6.45, 7) is 14.8. The van der Waals surface area contributed by atoms with E-state index in [0.717, 1.165) is 25.7 Å². The summed E-state index contributed by atoms with van der Waals surface area (Å²) >= 11 is 0. The monoisotopic (exact) mass is 415 g/mol. The minimum Gasteiger partial charge on any atom is -0.374 e. The van der Waals surface area contributed by atoms with E-state index in [1.807, 2.05) is 13.8 Å². The molecule has 0 fully saturated rings. The normalized spacial score (nSPS) is 11.6. The molecule has 0 saturated heterocycles. The van der Waals surface area contributed by atoms with Crippen molar-refractivity contribution >= 4 is 11.7 Å². The van der Waals surface area contributed by atoms with Crippen LogP contribution in [0.5, 0.6) is 0 Å². The van der Waals surface area contributed by atoms with Gasteiger partial charge >= 0.3 is 0 Å².